The standard InChI is InChI=1S/C25H29F3N6O4/c1-11(2)17(32-23(38)25(26,27)28)22(37)34-10-14-16(24(14,3)4)19(34)21(36)31-18(20(29)35)13-9-30-33-15-8-6-5-7-12(13)15/h5-9,11,14,16-19H,10H2,1-4H3,(H2,29,35)(H,31,36)(H,32,38)/t14-,16-,17-,18?,19-/m0/s1. The van der Waals surface area contributed by atoms with Crippen molar-refractivity contribution in [2.75, 3.05) is 6.54 Å². The minimum Gasteiger partial charge on any atom is -0.368 e. The van der Waals surface area contributed by atoms with Crippen LogP contribution >= 0.6 is 0 Å². The van der Waals surface area contributed by atoms with Crippen molar-refractivity contribution >= 4 is 34.5 Å². The quantitative estimate of drug-likeness (QED) is 0.490. The molecule has 1 saturated heterocycles. The Morgan fingerprint density at radius 1 is 1.13 bits per heavy atom. The molecule has 1 saturated carbocycles. The van der Waals surface area contributed by atoms with Crippen molar-refractivity contribution in [1.29, 1.82) is 0 Å². The molecule has 0 bridgehead atoms. The van der Waals surface area contributed by atoms with Crippen LogP contribution in [0.1, 0.15) is 39.3 Å². The number of amides is 4. The van der Waals surface area contributed by atoms with E-state index >= 15 is 0 Å². The maximum absolute atomic E-state index is 13.7. The fourth-order valence-electron chi connectivity index (χ4n) is 5.52. The van der Waals surface area contributed by atoms with Crippen molar-refractivity contribution in [3.8, 4) is 0 Å². The fourth-order valence-corrected chi connectivity index (χ4v) is 5.52. The molecule has 2 aromatic rings. The number of piperidine rings is 1. The highest BCUT2D eigenvalue weighted by Crippen LogP contribution is 2.65. The summed E-state index contributed by atoms with van der Waals surface area (Å²) in [7, 11) is 0. The van der Waals surface area contributed by atoms with Crippen LogP contribution in [0.4, 0.5) is 13.2 Å². The van der Waals surface area contributed by atoms with Crippen LogP contribution in [0.3, 0.4) is 0 Å². The van der Waals surface area contributed by atoms with Gasteiger partial charge in [0, 0.05) is 17.5 Å². The van der Waals surface area contributed by atoms with Gasteiger partial charge in [-0.05, 0) is 29.2 Å². The van der Waals surface area contributed by atoms with E-state index in [0.717, 1.165) is 0 Å². The number of carbonyl (C=O) groups is 4. The third-order valence-corrected chi connectivity index (χ3v) is 7.70. The number of fused-ring (bicyclic) bond motifs is 2. The summed E-state index contributed by atoms with van der Waals surface area (Å²) >= 11 is 0. The number of hydrogen-bond donors (Lipinski definition) is 3. The van der Waals surface area contributed by atoms with Gasteiger partial charge in [0.05, 0.1) is 11.7 Å². The molecule has 4 rings (SSSR count). The molecule has 2 heterocycles. The van der Waals surface area contributed by atoms with Gasteiger partial charge in [-0.3, -0.25) is 19.2 Å². The molecular formula is C25H29F3N6O4. The van der Waals surface area contributed by atoms with E-state index in [1.165, 1.54) is 24.9 Å². The molecule has 13 heteroatoms. The highest BCUT2D eigenvalue weighted by molar-refractivity contribution is 5.97. The summed E-state index contributed by atoms with van der Waals surface area (Å²) < 4.78 is 38.8. The van der Waals surface area contributed by atoms with Crippen LogP contribution < -0.4 is 16.4 Å². The number of carbonyl (C=O) groups excluding carboxylic acids is 4. The number of rotatable bonds is 7. The number of benzene rings is 1. The van der Waals surface area contributed by atoms with Gasteiger partial charge < -0.3 is 21.3 Å². The van der Waals surface area contributed by atoms with E-state index in [0.29, 0.717) is 16.5 Å². The second-order valence-electron chi connectivity index (χ2n) is 10.7. The average molecular weight is 535 g/mol. The summed E-state index contributed by atoms with van der Waals surface area (Å²) in [4.78, 5) is 52.4. The number of nitrogens with two attached hydrogens (primary N) is 1. The first-order chi connectivity index (χ1) is 17.7. The molecule has 5 atom stereocenters. The second-order valence-corrected chi connectivity index (χ2v) is 10.7. The molecular weight excluding hydrogens is 505 g/mol. The van der Waals surface area contributed by atoms with Gasteiger partial charge in [-0.25, -0.2) is 0 Å². The average Bonchev–Trinajstić information content (AvgIpc) is 3.16. The van der Waals surface area contributed by atoms with E-state index < -0.39 is 53.8 Å². The zero-order valence-electron chi connectivity index (χ0n) is 21.2. The largest absolute Gasteiger partial charge is 0.471 e. The van der Waals surface area contributed by atoms with Gasteiger partial charge in [-0.2, -0.15) is 23.4 Å². The highest BCUT2D eigenvalue weighted by atomic mass is 19.4. The summed E-state index contributed by atoms with van der Waals surface area (Å²) in [6.07, 6.45) is -3.85. The molecule has 4 amide bonds. The van der Waals surface area contributed by atoms with Crippen LogP contribution in [0, 0.1) is 23.2 Å². The van der Waals surface area contributed by atoms with Gasteiger partial charge in [0.1, 0.15) is 18.1 Å². The summed E-state index contributed by atoms with van der Waals surface area (Å²) in [5.74, 6) is -5.63. The number of halogens is 3. The number of primary amides is 1. The molecule has 1 aromatic carbocycles. The molecule has 0 radical (unpaired) electrons. The molecule has 38 heavy (non-hydrogen) atoms. The Balaban J connectivity index is 1.63. The lowest BCUT2D eigenvalue weighted by molar-refractivity contribution is -0.175. The zero-order valence-corrected chi connectivity index (χ0v) is 21.2. The third-order valence-electron chi connectivity index (χ3n) is 7.70. The topological polar surface area (TPSA) is 147 Å². The van der Waals surface area contributed by atoms with Gasteiger partial charge in [0.25, 0.3) is 0 Å². The first kappa shape index (κ1) is 27.3. The lowest BCUT2D eigenvalue weighted by atomic mass is 9.96. The van der Waals surface area contributed by atoms with Crippen molar-refractivity contribution < 1.29 is 32.3 Å². The number of alkyl halides is 3. The Kier molecular flexibility index (Phi) is 6.83. The summed E-state index contributed by atoms with van der Waals surface area (Å²) in [5, 5.41) is 12.9. The van der Waals surface area contributed by atoms with Gasteiger partial charge in [0.2, 0.25) is 17.7 Å². The molecule has 204 valence electrons. The van der Waals surface area contributed by atoms with Crippen molar-refractivity contribution in [3.63, 3.8) is 0 Å². The van der Waals surface area contributed by atoms with Gasteiger partial charge in [-0.1, -0.05) is 45.9 Å². The monoisotopic (exact) mass is 534 g/mol. The number of likely N-dealkylation sites (tertiary alicyclic amines) is 1. The normalized spacial score (nSPS) is 23.5. The molecule has 1 aliphatic carbocycles. The summed E-state index contributed by atoms with van der Waals surface area (Å²) in [5.41, 5.74) is 6.13. The van der Waals surface area contributed by atoms with Crippen molar-refractivity contribution in [1.82, 2.24) is 25.7 Å². The smallest absolute Gasteiger partial charge is 0.368 e. The molecule has 4 N–H and O–H groups in total. The Bertz CT molecular complexity index is 1290. The Hall–Kier alpha value is -3.77. The van der Waals surface area contributed by atoms with E-state index in [1.54, 1.807) is 29.6 Å². The third kappa shape index (κ3) is 4.76. The lowest BCUT2D eigenvalue weighted by Gasteiger charge is -2.34. The molecule has 0 spiro atoms. The van der Waals surface area contributed by atoms with Crippen molar-refractivity contribution in [2.24, 2.45) is 28.9 Å². The van der Waals surface area contributed by atoms with E-state index in [1.807, 2.05) is 13.8 Å². The van der Waals surface area contributed by atoms with Crippen LogP contribution in [-0.2, 0) is 19.2 Å². The summed E-state index contributed by atoms with van der Waals surface area (Å²) in [6, 6.07) is 2.97. The number of aromatic nitrogens is 2. The molecule has 2 fully saturated rings. The van der Waals surface area contributed by atoms with Crippen LogP contribution in [0.15, 0.2) is 30.5 Å². The Morgan fingerprint density at radius 2 is 1.79 bits per heavy atom. The van der Waals surface area contributed by atoms with E-state index in [-0.39, 0.29) is 23.8 Å². The first-order valence-electron chi connectivity index (χ1n) is 12.1. The maximum atomic E-state index is 13.7. The van der Waals surface area contributed by atoms with E-state index in [2.05, 4.69) is 15.5 Å². The zero-order chi connectivity index (χ0) is 28.2. The SMILES string of the molecule is CC(C)[C@H](NC(=O)C(F)(F)F)C(=O)N1C[C@H]2[C@@H]([C@H]1C(=O)NC(C(N)=O)c1cnnc3ccccc13)C2(C)C. The summed E-state index contributed by atoms with van der Waals surface area (Å²) in [6.45, 7) is 6.99. The fraction of sp³-hybridized carbons (Fsp3) is 0.520. The predicted molar refractivity (Wildman–Crippen MR) is 129 cm³/mol. The number of nitrogens with one attached hydrogen (secondary N) is 2. The predicted octanol–water partition coefficient (Wildman–Crippen LogP) is 1.46. The van der Waals surface area contributed by atoms with E-state index in [4.69, 9.17) is 5.73 Å². The minimum absolute atomic E-state index is 0.0798. The molecule has 2 aliphatic rings. The van der Waals surface area contributed by atoms with Crippen molar-refractivity contribution in [2.45, 2.75) is 52.0 Å². The Labute approximate surface area is 216 Å². The van der Waals surface area contributed by atoms with Gasteiger partial charge in [0.15, 0.2) is 0 Å². The van der Waals surface area contributed by atoms with Crippen LogP contribution in [0.5, 0.6) is 0 Å². The van der Waals surface area contributed by atoms with Crippen LogP contribution in [0.25, 0.3) is 10.9 Å². The van der Waals surface area contributed by atoms with Crippen LogP contribution in [-0.4, -0.2) is 63.5 Å². The highest BCUT2D eigenvalue weighted by Gasteiger charge is 2.69. The Morgan fingerprint density at radius 3 is 2.39 bits per heavy atom. The van der Waals surface area contributed by atoms with Crippen LogP contribution in [0.2, 0.25) is 0 Å². The minimum atomic E-state index is -5.17. The lowest BCUT2D eigenvalue weighted by Crippen LogP contribution is -2.59. The molecule has 1 aromatic heterocycles. The number of nitrogens with zero attached hydrogens (tertiary/aromatic N) is 3. The first-order valence-corrected chi connectivity index (χ1v) is 12.1. The van der Waals surface area contributed by atoms with Gasteiger partial charge in [-0.15, -0.1) is 0 Å². The molecule has 1 unspecified atom stereocenters. The van der Waals surface area contributed by atoms with Crippen molar-refractivity contribution in [3.05, 3.63) is 36.0 Å². The van der Waals surface area contributed by atoms with E-state index in [9.17, 15) is 32.3 Å². The maximum Gasteiger partial charge on any atom is 0.471 e. The molecule has 10 nitrogen and oxygen atoms in total. The second kappa shape index (κ2) is 9.52. The molecule has 1 aliphatic heterocycles. The number of hydrogen-bond acceptors (Lipinski definition) is 6. The van der Waals surface area contributed by atoms with Gasteiger partial charge >= 0.3 is 12.1 Å².